The third-order valence-electron chi connectivity index (χ3n) is 5.04. The van der Waals surface area contributed by atoms with E-state index >= 15 is 0 Å². The van der Waals surface area contributed by atoms with E-state index in [0.29, 0.717) is 37.1 Å². The van der Waals surface area contributed by atoms with Crippen molar-refractivity contribution in [3.63, 3.8) is 0 Å². The third-order valence-corrected chi connectivity index (χ3v) is 6.03. The first-order chi connectivity index (χ1) is 14.6. The number of halogens is 1. The van der Waals surface area contributed by atoms with Crippen LogP contribution in [0.1, 0.15) is 11.5 Å². The van der Waals surface area contributed by atoms with Crippen LogP contribution in [0.15, 0.2) is 57.9 Å². The molecule has 0 atom stereocenters. The number of benzene rings is 2. The topological polar surface area (TPSA) is 62.5 Å². The number of aromatic nitrogens is 2. The maximum atomic E-state index is 13.0. The van der Waals surface area contributed by atoms with E-state index in [1.165, 1.54) is 29.5 Å². The number of thioether (sulfide) groups is 1. The standard InChI is InChI=1S/C22H23FN4O2S/c1-16-2-4-17(5-3-16)22-24-20(29-25-22)14-26-10-12-27(13-11-26)21(28)15-30-19-8-6-18(23)7-9-19/h2-9H,10-15H2,1H3. The maximum Gasteiger partial charge on any atom is 0.241 e. The summed E-state index contributed by atoms with van der Waals surface area (Å²) in [5.41, 5.74) is 2.12. The molecule has 1 saturated heterocycles. The normalized spacial score (nSPS) is 14.8. The molecule has 2 heterocycles. The number of hydrogen-bond acceptors (Lipinski definition) is 6. The average molecular weight is 427 g/mol. The first-order valence-corrected chi connectivity index (χ1v) is 10.8. The van der Waals surface area contributed by atoms with E-state index in [1.807, 2.05) is 36.1 Å². The Kier molecular flexibility index (Phi) is 6.44. The van der Waals surface area contributed by atoms with Gasteiger partial charge in [0.25, 0.3) is 0 Å². The van der Waals surface area contributed by atoms with E-state index in [2.05, 4.69) is 15.0 Å². The fraction of sp³-hybridized carbons (Fsp3) is 0.318. The average Bonchev–Trinajstić information content (AvgIpc) is 3.22. The highest BCUT2D eigenvalue weighted by Crippen LogP contribution is 2.20. The molecule has 1 aromatic heterocycles. The van der Waals surface area contributed by atoms with E-state index < -0.39 is 0 Å². The van der Waals surface area contributed by atoms with Crippen LogP contribution in [0.25, 0.3) is 11.4 Å². The molecule has 156 valence electrons. The van der Waals surface area contributed by atoms with Crippen molar-refractivity contribution in [3.8, 4) is 11.4 Å². The van der Waals surface area contributed by atoms with Gasteiger partial charge in [0, 0.05) is 36.6 Å². The fourth-order valence-electron chi connectivity index (χ4n) is 3.25. The van der Waals surface area contributed by atoms with Gasteiger partial charge in [0.15, 0.2) is 0 Å². The number of rotatable bonds is 6. The molecule has 0 aliphatic carbocycles. The number of carbonyl (C=O) groups is 1. The summed E-state index contributed by atoms with van der Waals surface area (Å²) in [5, 5.41) is 4.08. The van der Waals surface area contributed by atoms with Crippen LogP contribution in [0.5, 0.6) is 0 Å². The van der Waals surface area contributed by atoms with Crippen LogP contribution in [-0.4, -0.2) is 57.8 Å². The zero-order valence-electron chi connectivity index (χ0n) is 16.8. The van der Waals surface area contributed by atoms with Gasteiger partial charge in [-0.05, 0) is 31.2 Å². The van der Waals surface area contributed by atoms with Gasteiger partial charge in [0.05, 0.1) is 12.3 Å². The zero-order chi connectivity index (χ0) is 20.9. The Balaban J connectivity index is 1.24. The predicted molar refractivity (Wildman–Crippen MR) is 113 cm³/mol. The number of hydrogen-bond donors (Lipinski definition) is 0. The number of carbonyl (C=O) groups excluding carboxylic acids is 1. The fourth-order valence-corrected chi connectivity index (χ4v) is 4.05. The molecule has 30 heavy (non-hydrogen) atoms. The van der Waals surface area contributed by atoms with Gasteiger partial charge in [-0.15, -0.1) is 11.8 Å². The van der Waals surface area contributed by atoms with Crippen molar-refractivity contribution in [3.05, 3.63) is 65.8 Å². The molecule has 3 aromatic rings. The van der Waals surface area contributed by atoms with E-state index in [4.69, 9.17) is 4.52 Å². The monoisotopic (exact) mass is 426 g/mol. The highest BCUT2D eigenvalue weighted by molar-refractivity contribution is 8.00. The van der Waals surface area contributed by atoms with Gasteiger partial charge in [-0.1, -0.05) is 35.0 Å². The zero-order valence-corrected chi connectivity index (χ0v) is 17.6. The van der Waals surface area contributed by atoms with Crippen molar-refractivity contribution in [2.24, 2.45) is 0 Å². The molecule has 4 rings (SSSR count). The summed E-state index contributed by atoms with van der Waals surface area (Å²) < 4.78 is 18.4. The minimum atomic E-state index is -0.269. The predicted octanol–water partition coefficient (Wildman–Crippen LogP) is 3.62. The molecule has 0 bridgehead atoms. The molecule has 0 unspecified atom stereocenters. The van der Waals surface area contributed by atoms with Crippen LogP contribution in [0.4, 0.5) is 4.39 Å². The molecule has 0 saturated carbocycles. The summed E-state index contributed by atoms with van der Waals surface area (Å²) in [6.07, 6.45) is 0. The van der Waals surface area contributed by atoms with Crippen LogP contribution in [0, 0.1) is 12.7 Å². The van der Waals surface area contributed by atoms with Crippen molar-refractivity contribution in [2.75, 3.05) is 31.9 Å². The molecule has 6 nitrogen and oxygen atoms in total. The molecular weight excluding hydrogens is 403 g/mol. The number of amides is 1. The summed E-state index contributed by atoms with van der Waals surface area (Å²) >= 11 is 1.43. The molecule has 0 radical (unpaired) electrons. The second kappa shape index (κ2) is 9.40. The molecule has 1 aliphatic heterocycles. The van der Waals surface area contributed by atoms with Gasteiger partial charge < -0.3 is 9.42 Å². The Morgan fingerprint density at radius 2 is 1.77 bits per heavy atom. The van der Waals surface area contributed by atoms with E-state index in [-0.39, 0.29) is 11.7 Å². The summed E-state index contributed by atoms with van der Waals surface area (Å²) in [4.78, 5) is 21.9. The van der Waals surface area contributed by atoms with Crippen LogP contribution >= 0.6 is 11.8 Å². The first kappa shape index (κ1) is 20.6. The molecular formula is C22H23FN4O2S. The van der Waals surface area contributed by atoms with Gasteiger partial charge in [-0.25, -0.2) is 4.39 Å². The first-order valence-electron chi connectivity index (χ1n) is 9.85. The molecule has 1 fully saturated rings. The van der Waals surface area contributed by atoms with Crippen molar-refractivity contribution in [2.45, 2.75) is 18.4 Å². The molecule has 0 spiro atoms. The highest BCUT2D eigenvalue weighted by atomic mass is 32.2. The highest BCUT2D eigenvalue weighted by Gasteiger charge is 2.22. The smallest absolute Gasteiger partial charge is 0.241 e. The minimum Gasteiger partial charge on any atom is -0.339 e. The summed E-state index contributed by atoms with van der Waals surface area (Å²) in [6, 6.07) is 14.2. The molecule has 0 N–H and O–H groups in total. The van der Waals surface area contributed by atoms with Crippen LogP contribution in [-0.2, 0) is 11.3 Å². The van der Waals surface area contributed by atoms with Crippen molar-refractivity contribution in [1.82, 2.24) is 19.9 Å². The largest absolute Gasteiger partial charge is 0.339 e. The van der Waals surface area contributed by atoms with Crippen LogP contribution < -0.4 is 0 Å². The van der Waals surface area contributed by atoms with Crippen LogP contribution in [0.3, 0.4) is 0 Å². The van der Waals surface area contributed by atoms with Crippen molar-refractivity contribution in [1.29, 1.82) is 0 Å². The minimum absolute atomic E-state index is 0.100. The van der Waals surface area contributed by atoms with Gasteiger partial charge in [0.2, 0.25) is 17.6 Å². The summed E-state index contributed by atoms with van der Waals surface area (Å²) in [5.74, 6) is 1.36. The summed E-state index contributed by atoms with van der Waals surface area (Å²) in [7, 11) is 0. The molecule has 1 amide bonds. The Bertz CT molecular complexity index is 983. The van der Waals surface area contributed by atoms with Crippen molar-refractivity contribution < 1.29 is 13.7 Å². The lowest BCUT2D eigenvalue weighted by Crippen LogP contribution is -2.48. The Morgan fingerprint density at radius 1 is 1.07 bits per heavy atom. The van der Waals surface area contributed by atoms with Gasteiger partial charge in [0.1, 0.15) is 5.82 Å². The molecule has 1 aliphatic rings. The second-order valence-corrected chi connectivity index (χ2v) is 8.33. The Labute approximate surface area is 179 Å². The van der Waals surface area contributed by atoms with Gasteiger partial charge in [-0.3, -0.25) is 9.69 Å². The van der Waals surface area contributed by atoms with Gasteiger partial charge >= 0.3 is 0 Å². The van der Waals surface area contributed by atoms with Crippen LogP contribution in [0.2, 0.25) is 0 Å². The lowest BCUT2D eigenvalue weighted by Gasteiger charge is -2.33. The molecule has 2 aromatic carbocycles. The summed E-state index contributed by atoms with van der Waals surface area (Å²) in [6.45, 7) is 5.47. The number of aryl methyl sites for hydroxylation is 1. The SMILES string of the molecule is Cc1ccc(-c2noc(CN3CCN(C(=O)CSc4ccc(F)cc4)CC3)n2)cc1. The Hall–Kier alpha value is -2.71. The van der Waals surface area contributed by atoms with E-state index in [1.54, 1.807) is 12.1 Å². The Morgan fingerprint density at radius 3 is 2.47 bits per heavy atom. The number of nitrogens with zero attached hydrogens (tertiary/aromatic N) is 4. The maximum absolute atomic E-state index is 13.0. The third kappa shape index (κ3) is 5.25. The quantitative estimate of drug-likeness (QED) is 0.561. The van der Waals surface area contributed by atoms with Crippen molar-refractivity contribution >= 4 is 17.7 Å². The van der Waals surface area contributed by atoms with Gasteiger partial charge in [-0.2, -0.15) is 4.98 Å². The molecule has 8 heteroatoms. The van der Waals surface area contributed by atoms with E-state index in [0.717, 1.165) is 23.5 Å². The lowest BCUT2D eigenvalue weighted by molar-refractivity contribution is -0.130. The second-order valence-electron chi connectivity index (χ2n) is 7.28. The lowest BCUT2D eigenvalue weighted by atomic mass is 10.1. The van der Waals surface area contributed by atoms with E-state index in [9.17, 15) is 9.18 Å². The number of piperazine rings is 1.